The molecule has 0 radical (unpaired) electrons. The van der Waals surface area contributed by atoms with Gasteiger partial charge in [0.05, 0.1) is 24.6 Å². The van der Waals surface area contributed by atoms with Gasteiger partial charge in [-0.2, -0.15) is 15.2 Å². The van der Waals surface area contributed by atoms with Gasteiger partial charge in [-0.3, -0.25) is 13.9 Å². The van der Waals surface area contributed by atoms with Crippen LogP contribution in [0.2, 0.25) is 0 Å². The molecular weight excluding hydrogens is 446 g/mol. The van der Waals surface area contributed by atoms with Gasteiger partial charge in [-0.15, -0.1) is 0 Å². The molecule has 0 saturated carbocycles. The number of nitrogens with zero attached hydrogens (tertiary/aromatic N) is 6. The van der Waals surface area contributed by atoms with Gasteiger partial charge < -0.3 is 14.9 Å². The normalized spacial score (nSPS) is 20.7. The molecule has 2 N–H and O–H groups in total. The number of anilines is 1. The van der Waals surface area contributed by atoms with Crippen LogP contribution in [0.25, 0.3) is 44.5 Å². The lowest BCUT2D eigenvalue weighted by molar-refractivity contribution is -0.0486. The molecule has 0 amide bonds. The Morgan fingerprint density at radius 1 is 1.00 bits per heavy atom. The average molecular weight is 474 g/mol. The molecular formula is C25H27N7O3. The highest BCUT2D eigenvalue weighted by molar-refractivity contribution is 6.09. The predicted molar refractivity (Wildman–Crippen MR) is 133 cm³/mol. The highest BCUT2D eigenvalue weighted by atomic mass is 16.5. The summed E-state index contributed by atoms with van der Waals surface area (Å²) in [6.45, 7) is 4.08. The van der Waals surface area contributed by atoms with Crippen molar-refractivity contribution in [1.82, 2.24) is 29.1 Å². The number of ether oxygens (including phenoxy) is 1. The van der Waals surface area contributed by atoms with Gasteiger partial charge in [-0.1, -0.05) is 0 Å². The van der Waals surface area contributed by atoms with Crippen molar-refractivity contribution in [2.45, 2.75) is 44.9 Å². The number of benzene rings is 1. The second kappa shape index (κ2) is 7.81. The van der Waals surface area contributed by atoms with Crippen molar-refractivity contribution in [2.75, 3.05) is 5.73 Å². The third-order valence-corrected chi connectivity index (χ3v) is 6.74. The van der Waals surface area contributed by atoms with Crippen LogP contribution >= 0.6 is 0 Å². The standard InChI is InChI=1S/C25H27N7O3/c1-13-5-17(6-14(2)34-13)32-23-19-7-18(15-9-27-30(3)11-15)20(26)8-21(19)35-24(23)22(29-25(32)33)16-10-28-31(4)12-16/h7-14,17H,5-6,26H2,1-4H3. The van der Waals surface area contributed by atoms with Gasteiger partial charge >= 0.3 is 5.69 Å². The molecule has 5 heterocycles. The SMILES string of the molecule is CC1CC(n2c(=O)nc(-c3cnn(C)c3)c3oc4cc(N)c(-c5cnn(C)c5)cc4c32)CC(C)O1. The summed E-state index contributed by atoms with van der Waals surface area (Å²) in [6, 6.07) is 3.73. The number of furan rings is 1. The van der Waals surface area contributed by atoms with Crippen LogP contribution in [0.4, 0.5) is 5.69 Å². The van der Waals surface area contributed by atoms with Gasteiger partial charge in [0.25, 0.3) is 0 Å². The molecule has 0 spiro atoms. The lowest BCUT2D eigenvalue weighted by Crippen LogP contribution is -2.36. The number of hydrogen-bond donors (Lipinski definition) is 1. The summed E-state index contributed by atoms with van der Waals surface area (Å²) < 4.78 is 17.5. The fourth-order valence-electron chi connectivity index (χ4n) is 5.31. The molecule has 0 aliphatic carbocycles. The first-order valence-electron chi connectivity index (χ1n) is 11.7. The van der Waals surface area contributed by atoms with Crippen molar-refractivity contribution in [3.8, 4) is 22.4 Å². The molecule has 180 valence electrons. The van der Waals surface area contributed by atoms with E-state index in [9.17, 15) is 4.79 Å². The summed E-state index contributed by atoms with van der Waals surface area (Å²) in [7, 11) is 3.69. The van der Waals surface area contributed by atoms with E-state index < -0.39 is 0 Å². The predicted octanol–water partition coefficient (Wildman–Crippen LogP) is 3.65. The Morgan fingerprint density at radius 3 is 2.29 bits per heavy atom. The van der Waals surface area contributed by atoms with Gasteiger partial charge in [-0.05, 0) is 32.8 Å². The molecule has 10 heteroatoms. The van der Waals surface area contributed by atoms with Gasteiger partial charge in [0.15, 0.2) is 5.58 Å². The summed E-state index contributed by atoms with van der Waals surface area (Å²) in [5, 5.41) is 9.37. The van der Waals surface area contributed by atoms with E-state index in [1.54, 1.807) is 26.3 Å². The average Bonchev–Trinajstić information content (AvgIpc) is 3.50. The summed E-state index contributed by atoms with van der Waals surface area (Å²) in [6.07, 6.45) is 8.69. The molecule has 4 aromatic heterocycles. The van der Waals surface area contributed by atoms with Crippen molar-refractivity contribution >= 4 is 27.8 Å². The Hall–Kier alpha value is -3.92. The Morgan fingerprint density at radius 2 is 1.66 bits per heavy atom. The largest absolute Gasteiger partial charge is 0.452 e. The Kier molecular flexibility index (Phi) is 4.82. The Balaban J connectivity index is 1.69. The smallest absolute Gasteiger partial charge is 0.349 e. The lowest BCUT2D eigenvalue weighted by atomic mass is 9.98. The van der Waals surface area contributed by atoms with E-state index in [1.807, 2.05) is 52.5 Å². The minimum absolute atomic E-state index is 0.0310. The third-order valence-electron chi connectivity index (χ3n) is 6.74. The maximum absolute atomic E-state index is 13.6. The number of hydrogen-bond acceptors (Lipinski definition) is 7. The van der Waals surface area contributed by atoms with E-state index in [0.29, 0.717) is 35.4 Å². The number of nitrogens with two attached hydrogens (primary N) is 1. The van der Waals surface area contributed by atoms with Crippen LogP contribution in [0, 0.1) is 0 Å². The lowest BCUT2D eigenvalue weighted by Gasteiger charge is -2.33. The van der Waals surface area contributed by atoms with Crippen molar-refractivity contribution in [3.05, 3.63) is 47.4 Å². The zero-order chi connectivity index (χ0) is 24.4. The number of aryl methyl sites for hydroxylation is 2. The zero-order valence-corrected chi connectivity index (χ0v) is 20.1. The summed E-state index contributed by atoms with van der Waals surface area (Å²) >= 11 is 0. The molecule has 2 unspecified atom stereocenters. The number of fused-ring (bicyclic) bond motifs is 3. The third kappa shape index (κ3) is 3.52. The van der Waals surface area contributed by atoms with Crippen molar-refractivity contribution < 1.29 is 9.15 Å². The number of nitrogen functional groups attached to an aromatic ring is 1. The monoisotopic (exact) mass is 473 g/mol. The molecule has 10 nitrogen and oxygen atoms in total. The van der Waals surface area contributed by atoms with E-state index in [0.717, 1.165) is 27.6 Å². The van der Waals surface area contributed by atoms with Crippen molar-refractivity contribution in [1.29, 1.82) is 0 Å². The van der Waals surface area contributed by atoms with Crippen LogP contribution < -0.4 is 11.4 Å². The summed E-state index contributed by atoms with van der Waals surface area (Å²) in [4.78, 5) is 18.1. The van der Waals surface area contributed by atoms with E-state index in [2.05, 4.69) is 15.2 Å². The van der Waals surface area contributed by atoms with Crippen molar-refractivity contribution in [3.63, 3.8) is 0 Å². The molecule has 1 aliphatic heterocycles. The number of rotatable bonds is 3. The highest BCUT2D eigenvalue weighted by Gasteiger charge is 2.30. The van der Waals surface area contributed by atoms with Crippen LogP contribution in [0.15, 0.2) is 46.1 Å². The van der Waals surface area contributed by atoms with Gasteiger partial charge in [0, 0.05) is 66.4 Å². The molecule has 1 aromatic carbocycles. The van der Waals surface area contributed by atoms with E-state index in [4.69, 9.17) is 14.9 Å². The molecule has 1 aliphatic rings. The Bertz CT molecular complexity index is 1630. The maximum atomic E-state index is 13.6. The van der Waals surface area contributed by atoms with Crippen LogP contribution in [0.3, 0.4) is 0 Å². The second-order valence-electron chi connectivity index (χ2n) is 9.52. The molecule has 1 fully saturated rings. The summed E-state index contributed by atoms with van der Waals surface area (Å²) in [5.74, 6) is 0. The minimum Gasteiger partial charge on any atom is -0.452 e. The van der Waals surface area contributed by atoms with Crippen LogP contribution in [-0.2, 0) is 18.8 Å². The topological polar surface area (TPSA) is 119 Å². The molecule has 5 aromatic rings. The first-order valence-corrected chi connectivity index (χ1v) is 11.7. The molecule has 6 rings (SSSR count). The highest BCUT2D eigenvalue weighted by Crippen LogP contribution is 2.40. The molecule has 1 saturated heterocycles. The quantitative estimate of drug-likeness (QED) is 0.397. The zero-order valence-electron chi connectivity index (χ0n) is 20.1. The second-order valence-corrected chi connectivity index (χ2v) is 9.52. The molecule has 0 bridgehead atoms. The van der Waals surface area contributed by atoms with Crippen LogP contribution in [0.5, 0.6) is 0 Å². The van der Waals surface area contributed by atoms with Gasteiger partial charge in [-0.25, -0.2) is 4.79 Å². The van der Waals surface area contributed by atoms with Gasteiger partial charge in [0.1, 0.15) is 16.8 Å². The molecule has 35 heavy (non-hydrogen) atoms. The van der Waals surface area contributed by atoms with E-state index >= 15 is 0 Å². The van der Waals surface area contributed by atoms with E-state index in [1.165, 1.54) is 0 Å². The fraction of sp³-hybridized carbons (Fsp3) is 0.360. The van der Waals surface area contributed by atoms with Crippen molar-refractivity contribution in [2.24, 2.45) is 14.1 Å². The molecule has 2 atom stereocenters. The van der Waals surface area contributed by atoms with E-state index in [-0.39, 0.29) is 23.9 Å². The van der Waals surface area contributed by atoms with Crippen LogP contribution in [0.1, 0.15) is 32.7 Å². The van der Waals surface area contributed by atoms with Gasteiger partial charge in [0.2, 0.25) is 0 Å². The van der Waals surface area contributed by atoms with Crippen LogP contribution in [-0.4, -0.2) is 41.3 Å². The number of aromatic nitrogens is 6. The summed E-state index contributed by atoms with van der Waals surface area (Å²) in [5.41, 5.74) is 11.5. The maximum Gasteiger partial charge on any atom is 0.349 e. The fourth-order valence-corrected chi connectivity index (χ4v) is 5.31. The first-order chi connectivity index (χ1) is 16.8. The first kappa shape index (κ1) is 21.6. The Labute approximate surface area is 200 Å². The minimum atomic E-state index is -0.315.